The number of aromatic nitrogens is 1. The maximum absolute atomic E-state index is 4.57. The first kappa shape index (κ1) is 15.4. The van der Waals surface area contributed by atoms with Gasteiger partial charge in [-0.1, -0.05) is 46.3 Å². The van der Waals surface area contributed by atoms with Gasteiger partial charge in [0.1, 0.15) is 0 Å². The van der Waals surface area contributed by atoms with Crippen LogP contribution in [-0.2, 0) is 6.42 Å². The lowest BCUT2D eigenvalue weighted by Gasteiger charge is -2.22. The standard InChI is InChI=1S/C16H27NS/c1-6-13(2)9-7-8-10-16(4,5)11-15-12-18-14(3)17-15/h7,9,12-13H,6,8,10-11H2,1-5H3. The van der Waals surface area contributed by atoms with Crippen LogP contribution < -0.4 is 0 Å². The molecule has 0 saturated heterocycles. The van der Waals surface area contributed by atoms with Gasteiger partial charge >= 0.3 is 0 Å². The fourth-order valence-corrected chi connectivity index (χ4v) is 2.62. The molecule has 1 heterocycles. The molecule has 0 aliphatic heterocycles. The second-order valence-corrected chi connectivity index (χ2v) is 7.11. The molecule has 1 unspecified atom stereocenters. The normalized spacial score (nSPS) is 14.3. The third kappa shape index (κ3) is 5.81. The lowest BCUT2D eigenvalue weighted by molar-refractivity contribution is 0.332. The highest BCUT2D eigenvalue weighted by molar-refractivity contribution is 7.09. The van der Waals surface area contributed by atoms with E-state index in [0.717, 1.165) is 6.42 Å². The molecular formula is C16H27NS. The number of hydrogen-bond acceptors (Lipinski definition) is 2. The van der Waals surface area contributed by atoms with Gasteiger partial charge in [0.15, 0.2) is 0 Å². The largest absolute Gasteiger partial charge is 0.247 e. The predicted molar refractivity (Wildman–Crippen MR) is 82.2 cm³/mol. The molecular weight excluding hydrogens is 238 g/mol. The number of thiazole rings is 1. The van der Waals surface area contributed by atoms with E-state index in [9.17, 15) is 0 Å². The molecule has 0 aliphatic carbocycles. The lowest BCUT2D eigenvalue weighted by Crippen LogP contribution is -2.14. The quantitative estimate of drug-likeness (QED) is 0.601. The van der Waals surface area contributed by atoms with E-state index >= 15 is 0 Å². The molecule has 0 saturated carbocycles. The van der Waals surface area contributed by atoms with E-state index in [0.29, 0.717) is 11.3 Å². The second-order valence-electron chi connectivity index (χ2n) is 6.05. The van der Waals surface area contributed by atoms with Crippen LogP contribution in [0.2, 0.25) is 0 Å². The average molecular weight is 265 g/mol. The number of allylic oxidation sites excluding steroid dienone is 2. The number of nitrogens with zero attached hydrogens (tertiary/aromatic N) is 1. The Bertz CT molecular complexity index is 376. The van der Waals surface area contributed by atoms with E-state index in [-0.39, 0.29) is 0 Å². The summed E-state index contributed by atoms with van der Waals surface area (Å²) >= 11 is 1.76. The van der Waals surface area contributed by atoms with Crippen LogP contribution in [0.5, 0.6) is 0 Å². The van der Waals surface area contributed by atoms with Gasteiger partial charge in [0.25, 0.3) is 0 Å². The molecule has 0 bridgehead atoms. The topological polar surface area (TPSA) is 12.9 Å². The monoisotopic (exact) mass is 265 g/mol. The van der Waals surface area contributed by atoms with Gasteiger partial charge in [0.05, 0.1) is 10.7 Å². The van der Waals surface area contributed by atoms with Crippen LogP contribution in [0.25, 0.3) is 0 Å². The zero-order valence-electron chi connectivity index (χ0n) is 12.5. The Morgan fingerprint density at radius 3 is 2.72 bits per heavy atom. The molecule has 1 nitrogen and oxygen atoms in total. The van der Waals surface area contributed by atoms with E-state index in [4.69, 9.17) is 0 Å². The van der Waals surface area contributed by atoms with Crippen molar-refractivity contribution in [2.24, 2.45) is 11.3 Å². The lowest BCUT2D eigenvalue weighted by atomic mass is 9.83. The highest BCUT2D eigenvalue weighted by atomic mass is 32.1. The summed E-state index contributed by atoms with van der Waals surface area (Å²) in [7, 11) is 0. The summed E-state index contributed by atoms with van der Waals surface area (Å²) in [6, 6.07) is 0. The summed E-state index contributed by atoms with van der Waals surface area (Å²) in [6.07, 6.45) is 9.44. The highest BCUT2D eigenvalue weighted by Crippen LogP contribution is 2.28. The van der Waals surface area contributed by atoms with Crippen molar-refractivity contribution >= 4 is 11.3 Å². The number of rotatable bonds is 7. The molecule has 0 aliphatic rings. The highest BCUT2D eigenvalue weighted by Gasteiger charge is 2.18. The fourth-order valence-electron chi connectivity index (χ4n) is 2.01. The van der Waals surface area contributed by atoms with Gasteiger partial charge in [-0.2, -0.15) is 0 Å². The molecule has 0 amide bonds. The van der Waals surface area contributed by atoms with E-state index in [1.165, 1.54) is 30.0 Å². The second kappa shape index (κ2) is 7.08. The number of hydrogen-bond donors (Lipinski definition) is 0. The predicted octanol–water partition coefficient (Wildman–Crippen LogP) is 5.40. The van der Waals surface area contributed by atoms with Crippen molar-refractivity contribution in [1.29, 1.82) is 0 Å². The van der Waals surface area contributed by atoms with Gasteiger partial charge in [-0.05, 0) is 37.5 Å². The fraction of sp³-hybridized carbons (Fsp3) is 0.688. The van der Waals surface area contributed by atoms with Crippen molar-refractivity contribution in [3.63, 3.8) is 0 Å². The van der Waals surface area contributed by atoms with Crippen molar-refractivity contribution in [3.8, 4) is 0 Å². The smallest absolute Gasteiger partial charge is 0.0897 e. The SMILES string of the molecule is CCC(C)C=CCCC(C)(C)Cc1csc(C)n1. The first-order chi connectivity index (χ1) is 8.43. The number of aryl methyl sites for hydroxylation is 1. The average Bonchev–Trinajstić information content (AvgIpc) is 2.69. The molecule has 0 radical (unpaired) electrons. The molecule has 1 rings (SSSR count). The Morgan fingerprint density at radius 2 is 2.17 bits per heavy atom. The Morgan fingerprint density at radius 1 is 1.44 bits per heavy atom. The van der Waals surface area contributed by atoms with Crippen molar-refractivity contribution in [2.75, 3.05) is 0 Å². The third-order valence-corrected chi connectivity index (χ3v) is 4.24. The van der Waals surface area contributed by atoms with Crippen LogP contribution in [0.1, 0.15) is 57.7 Å². The van der Waals surface area contributed by atoms with E-state index < -0.39 is 0 Å². The molecule has 1 aromatic heterocycles. The van der Waals surface area contributed by atoms with Crippen LogP contribution in [0, 0.1) is 18.3 Å². The summed E-state index contributed by atoms with van der Waals surface area (Å²) in [5.74, 6) is 0.717. The van der Waals surface area contributed by atoms with Gasteiger partial charge in [0, 0.05) is 5.38 Å². The Kier molecular flexibility index (Phi) is 6.07. The molecule has 0 aromatic carbocycles. The Hall–Kier alpha value is -0.630. The van der Waals surface area contributed by atoms with Crippen molar-refractivity contribution in [2.45, 2.75) is 60.3 Å². The van der Waals surface area contributed by atoms with Crippen LogP contribution in [0.4, 0.5) is 0 Å². The summed E-state index contributed by atoms with van der Waals surface area (Å²) < 4.78 is 0. The summed E-state index contributed by atoms with van der Waals surface area (Å²) in [4.78, 5) is 4.57. The van der Waals surface area contributed by atoms with Crippen LogP contribution in [-0.4, -0.2) is 4.98 Å². The van der Waals surface area contributed by atoms with Crippen LogP contribution in [0.3, 0.4) is 0 Å². The van der Waals surface area contributed by atoms with Crippen molar-refractivity contribution in [3.05, 3.63) is 28.2 Å². The van der Waals surface area contributed by atoms with E-state index in [2.05, 4.69) is 57.1 Å². The van der Waals surface area contributed by atoms with Gasteiger partial charge in [-0.25, -0.2) is 4.98 Å². The minimum atomic E-state index is 0.348. The minimum Gasteiger partial charge on any atom is -0.247 e. The maximum Gasteiger partial charge on any atom is 0.0897 e. The summed E-state index contributed by atoms with van der Waals surface area (Å²) in [6.45, 7) is 11.3. The van der Waals surface area contributed by atoms with Crippen molar-refractivity contribution < 1.29 is 0 Å². The first-order valence-electron chi connectivity index (χ1n) is 7.00. The molecule has 1 atom stereocenters. The summed E-state index contributed by atoms with van der Waals surface area (Å²) in [5, 5.41) is 3.38. The van der Waals surface area contributed by atoms with Gasteiger partial charge < -0.3 is 0 Å². The molecule has 2 heteroatoms. The molecule has 0 spiro atoms. The Labute approximate surface area is 116 Å². The van der Waals surface area contributed by atoms with E-state index in [1.54, 1.807) is 11.3 Å². The van der Waals surface area contributed by atoms with Gasteiger partial charge in [-0.15, -0.1) is 11.3 Å². The summed E-state index contributed by atoms with van der Waals surface area (Å²) in [5.41, 5.74) is 1.61. The van der Waals surface area contributed by atoms with Gasteiger partial charge in [0.2, 0.25) is 0 Å². The molecule has 18 heavy (non-hydrogen) atoms. The third-order valence-electron chi connectivity index (χ3n) is 3.42. The van der Waals surface area contributed by atoms with Crippen LogP contribution >= 0.6 is 11.3 Å². The zero-order valence-corrected chi connectivity index (χ0v) is 13.3. The zero-order chi connectivity index (χ0) is 13.6. The maximum atomic E-state index is 4.57. The van der Waals surface area contributed by atoms with Crippen LogP contribution in [0.15, 0.2) is 17.5 Å². The molecule has 1 aromatic rings. The molecule has 102 valence electrons. The van der Waals surface area contributed by atoms with Crippen molar-refractivity contribution in [1.82, 2.24) is 4.98 Å². The minimum absolute atomic E-state index is 0.348. The molecule has 0 fully saturated rings. The molecule has 0 N–H and O–H groups in total. The Balaban J connectivity index is 2.38. The van der Waals surface area contributed by atoms with E-state index in [1.807, 2.05) is 0 Å². The van der Waals surface area contributed by atoms with Gasteiger partial charge in [-0.3, -0.25) is 0 Å². The first-order valence-corrected chi connectivity index (χ1v) is 7.88.